The van der Waals surface area contributed by atoms with Crippen molar-refractivity contribution in [2.45, 2.75) is 12.6 Å². The van der Waals surface area contributed by atoms with Gasteiger partial charge in [-0.05, 0) is 47.5 Å². The van der Waals surface area contributed by atoms with Crippen molar-refractivity contribution in [2.24, 2.45) is 0 Å². The van der Waals surface area contributed by atoms with Gasteiger partial charge in [-0.1, -0.05) is 58.4 Å². The maximum absolute atomic E-state index is 13.3. The second-order valence-corrected chi connectivity index (χ2v) is 10.2. The number of hydrogen-bond acceptors (Lipinski definition) is 6. The van der Waals surface area contributed by atoms with E-state index in [1.165, 1.54) is 0 Å². The van der Waals surface area contributed by atoms with Crippen molar-refractivity contribution in [1.29, 1.82) is 0 Å². The lowest BCUT2D eigenvalue weighted by molar-refractivity contribution is -0.140. The first-order valence-corrected chi connectivity index (χ1v) is 13.4. The molecule has 3 aromatic carbocycles. The summed E-state index contributed by atoms with van der Waals surface area (Å²) in [5.74, 6) is -0.835. The van der Waals surface area contributed by atoms with Crippen molar-refractivity contribution in [1.82, 2.24) is 9.80 Å². The van der Waals surface area contributed by atoms with Crippen molar-refractivity contribution in [3.8, 4) is 5.75 Å². The lowest BCUT2D eigenvalue weighted by Crippen LogP contribution is -2.42. The lowest BCUT2D eigenvalue weighted by atomic mass is 9.95. The van der Waals surface area contributed by atoms with Crippen LogP contribution in [0.4, 0.5) is 0 Å². The Hall–Kier alpha value is -3.46. The molecule has 1 atom stereocenters. The molecular formula is C30H29BrN2O5. The number of aliphatic hydroxyl groups is 1. The number of aliphatic hydroxyl groups excluding tert-OH is 1. The monoisotopic (exact) mass is 576 g/mol. The topological polar surface area (TPSA) is 79.3 Å². The molecule has 0 radical (unpaired) electrons. The highest BCUT2D eigenvalue weighted by Gasteiger charge is 2.46. The van der Waals surface area contributed by atoms with Crippen LogP contribution in [0.2, 0.25) is 0 Å². The van der Waals surface area contributed by atoms with E-state index >= 15 is 0 Å². The smallest absolute Gasteiger partial charge is 0.295 e. The van der Waals surface area contributed by atoms with Gasteiger partial charge in [0.1, 0.15) is 18.1 Å². The molecule has 7 nitrogen and oxygen atoms in total. The summed E-state index contributed by atoms with van der Waals surface area (Å²) in [5, 5.41) is 11.3. The summed E-state index contributed by atoms with van der Waals surface area (Å²) >= 11 is 3.45. The Kier molecular flexibility index (Phi) is 8.22. The van der Waals surface area contributed by atoms with Crippen LogP contribution in [0.3, 0.4) is 0 Å². The molecule has 8 heteroatoms. The minimum absolute atomic E-state index is 0.0947. The summed E-state index contributed by atoms with van der Waals surface area (Å²) in [6.45, 7) is 4.28. The number of hydrogen-bond donors (Lipinski definition) is 1. The first kappa shape index (κ1) is 26.2. The van der Waals surface area contributed by atoms with Crippen molar-refractivity contribution >= 4 is 33.4 Å². The van der Waals surface area contributed by atoms with Gasteiger partial charge in [-0.2, -0.15) is 0 Å². The minimum atomic E-state index is -0.682. The van der Waals surface area contributed by atoms with Crippen LogP contribution >= 0.6 is 15.9 Å². The van der Waals surface area contributed by atoms with Crippen LogP contribution in [0, 0.1) is 0 Å². The van der Waals surface area contributed by atoms with E-state index in [4.69, 9.17) is 9.47 Å². The zero-order valence-electron chi connectivity index (χ0n) is 20.9. The van der Waals surface area contributed by atoms with Crippen LogP contribution in [0.25, 0.3) is 5.76 Å². The van der Waals surface area contributed by atoms with Crippen LogP contribution in [0.1, 0.15) is 22.7 Å². The highest BCUT2D eigenvalue weighted by molar-refractivity contribution is 9.10. The molecule has 0 bridgehead atoms. The van der Waals surface area contributed by atoms with Gasteiger partial charge in [0.05, 0.1) is 24.8 Å². The number of halogens is 1. The number of ether oxygens (including phenoxy) is 2. The number of carbonyl (C=O) groups is 2. The van der Waals surface area contributed by atoms with Crippen molar-refractivity contribution in [3.63, 3.8) is 0 Å². The number of morpholine rings is 1. The SMILES string of the molecule is O=C1C(=O)N(CCN2CCOCC2)C(c2ccc(Br)cc2)/C1=C(\O)c1ccc(OCc2ccccc2)cc1. The number of nitrogens with zero attached hydrogens (tertiary/aromatic N) is 2. The van der Waals surface area contributed by atoms with Gasteiger partial charge in [0, 0.05) is 36.2 Å². The van der Waals surface area contributed by atoms with Gasteiger partial charge in [0.2, 0.25) is 0 Å². The number of amides is 1. The molecule has 2 fully saturated rings. The van der Waals surface area contributed by atoms with Crippen molar-refractivity contribution in [3.05, 3.63) is 106 Å². The fourth-order valence-corrected chi connectivity index (χ4v) is 5.05. The molecule has 5 rings (SSSR count). The van der Waals surface area contributed by atoms with Gasteiger partial charge in [-0.15, -0.1) is 0 Å². The highest BCUT2D eigenvalue weighted by atomic mass is 79.9. The minimum Gasteiger partial charge on any atom is -0.507 e. The van der Waals surface area contributed by atoms with Crippen molar-refractivity contribution in [2.75, 3.05) is 39.4 Å². The largest absolute Gasteiger partial charge is 0.507 e. The lowest BCUT2D eigenvalue weighted by Gasteiger charge is -2.31. The number of likely N-dealkylation sites (tertiary alicyclic amines) is 1. The van der Waals surface area contributed by atoms with E-state index in [1.807, 2.05) is 54.6 Å². The predicted octanol–water partition coefficient (Wildman–Crippen LogP) is 4.78. The maximum Gasteiger partial charge on any atom is 0.295 e. The maximum atomic E-state index is 13.3. The van der Waals surface area contributed by atoms with Crippen LogP contribution < -0.4 is 4.74 Å². The fraction of sp³-hybridized carbons (Fsp3) is 0.267. The summed E-state index contributed by atoms with van der Waals surface area (Å²) in [7, 11) is 0. The standard InChI is InChI=1S/C30H29BrN2O5/c31-24-10-6-22(7-11-24)27-26(29(35)30(36)33(27)15-14-32-16-18-37-19-17-32)28(34)23-8-12-25(13-9-23)38-20-21-4-2-1-3-5-21/h1-13,27,34H,14-20H2/b28-26+. The van der Waals surface area contributed by atoms with E-state index in [1.54, 1.807) is 29.2 Å². The Morgan fingerprint density at radius 3 is 2.29 bits per heavy atom. The van der Waals surface area contributed by atoms with E-state index in [9.17, 15) is 14.7 Å². The number of carbonyl (C=O) groups excluding carboxylic acids is 2. The summed E-state index contributed by atoms with van der Waals surface area (Å²) in [6.07, 6.45) is 0. The fourth-order valence-electron chi connectivity index (χ4n) is 4.78. The van der Waals surface area contributed by atoms with E-state index in [0.717, 1.165) is 28.7 Å². The van der Waals surface area contributed by atoms with Gasteiger partial charge in [-0.25, -0.2) is 0 Å². The molecule has 2 aliphatic rings. The van der Waals surface area contributed by atoms with E-state index in [0.29, 0.717) is 44.2 Å². The Bertz CT molecular complexity index is 1300. The van der Waals surface area contributed by atoms with Crippen LogP contribution in [-0.2, 0) is 20.9 Å². The molecule has 2 aliphatic heterocycles. The molecule has 38 heavy (non-hydrogen) atoms. The van der Waals surface area contributed by atoms with Gasteiger partial charge >= 0.3 is 0 Å². The van der Waals surface area contributed by atoms with E-state index in [-0.39, 0.29) is 11.3 Å². The van der Waals surface area contributed by atoms with Gasteiger partial charge < -0.3 is 19.5 Å². The zero-order chi connectivity index (χ0) is 26.5. The molecule has 0 aliphatic carbocycles. The van der Waals surface area contributed by atoms with Crippen LogP contribution in [0.5, 0.6) is 5.75 Å². The predicted molar refractivity (Wildman–Crippen MR) is 148 cm³/mol. The zero-order valence-corrected chi connectivity index (χ0v) is 22.5. The average molecular weight is 577 g/mol. The summed E-state index contributed by atoms with van der Waals surface area (Å²) in [4.78, 5) is 30.3. The molecule has 1 N–H and O–H groups in total. The number of Topliss-reactive ketones (excluding diaryl/α,β-unsaturated/α-hetero) is 1. The first-order chi connectivity index (χ1) is 18.5. The average Bonchev–Trinajstić information content (AvgIpc) is 3.21. The number of ketones is 1. The normalized spacial score (nSPS) is 19.6. The van der Waals surface area contributed by atoms with Gasteiger partial charge in [-0.3, -0.25) is 14.5 Å². The van der Waals surface area contributed by atoms with E-state index in [2.05, 4.69) is 20.8 Å². The van der Waals surface area contributed by atoms with Crippen LogP contribution in [0.15, 0.2) is 88.9 Å². The van der Waals surface area contributed by atoms with E-state index < -0.39 is 17.7 Å². The molecule has 1 amide bonds. The molecule has 2 saturated heterocycles. The second-order valence-electron chi connectivity index (χ2n) is 9.30. The van der Waals surface area contributed by atoms with Gasteiger partial charge in [0.25, 0.3) is 11.7 Å². The number of benzene rings is 3. The molecule has 1 unspecified atom stereocenters. The Balaban J connectivity index is 1.41. The summed E-state index contributed by atoms with van der Waals surface area (Å²) in [6, 6.07) is 23.6. The molecule has 2 heterocycles. The molecular weight excluding hydrogens is 548 g/mol. The molecule has 0 aromatic heterocycles. The molecule has 3 aromatic rings. The first-order valence-electron chi connectivity index (χ1n) is 12.6. The molecule has 196 valence electrons. The highest BCUT2D eigenvalue weighted by Crippen LogP contribution is 2.39. The van der Waals surface area contributed by atoms with Crippen LogP contribution in [-0.4, -0.2) is 66.0 Å². The second kappa shape index (κ2) is 11.9. The number of rotatable bonds is 8. The summed E-state index contributed by atoms with van der Waals surface area (Å²) in [5.41, 5.74) is 2.35. The Labute approximate surface area is 230 Å². The summed E-state index contributed by atoms with van der Waals surface area (Å²) < 4.78 is 12.2. The molecule has 0 saturated carbocycles. The Morgan fingerprint density at radius 1 is 0.921 bits per heavy atom. The third-order valence-electron chi connectivity index (χ3n) is 6.86. The Morgan fingerprint density at radius 2 is 1.61 bits per heavy atom. The third kappa shape index (κ3) is 5.83. The quantitative estimate of drug-likeness (QED) is 0.236. The molecule has 0 spiro atoms. The third-order valence-corrected chi connectivity index (χ3v) is 7.39. The van der Waals surface area contributed by atoms with Crippen molar-refractivity contribution < 1.29 is 24.2 Å². The van der Waals surface area contributed by atoms with Gasteiger partial charge in [0.15, 0.2) is 0 Å².